The number of furan rings is 1. The molecule has 140 valence electrons. The molecule has 2 aromatic rings. The Morgan fingerprint density at radius 2 is 2.08 bits per heavy atom. The summed E-state index contributed by atoms with van der Waals surface area (Å²) in [6.45, 7) is 4.91. The van der Waals surface area contributed by atoms with Gasteiger partial charge in [-0.2, -0.15) is 5.10 Å². The molecule has 1 aliphatic heterocycles. The van der Waals surface area contributed by atoms with Crippen molar-refractivity contribution < 1.29 is 18.7 Å². The van der Waals surface area contributed by atoms with Crippen LogP contribution in [0.1, 0.15) is 27.5 Å². The smallest absolute Gasteiger partial charge is 0.292 e. The summed E-state index contributed by atoms with van der Waals surface area (Å²) >= 11 is 0. The van der Waals surface area contributed by atoms with Crippen molar-refractivity contribution in [3.05, 3.63) is 35.9 Å². The van der Waals surface area contributed by atoms with Gasteiger partial charge in [-0.3, -0.25) is 19.2 Å². The van der Waals surface area contributed by atoms with Crippen molar-refractivity contribution in [1.29, 1.82) is 0 Å². The van der Waals surface area contributed by atoms with Crippen LogP contribution in [-0.4, -0.2) is 65.9 Å². The first-order valence-corrected chi connectivity index (χ1v) is 8.60. The average molecular weight is 361 g/mol. The molecule has 3 rings (SSSR count). The number of rotatable bonds is 7. The summed E-state index contributed by atoms with van der Waals surface area (Å²) in [5, 5.41) is 9.67. The van der Waals surface area contributed by atoms with Gasteiger partial charge >= 0.3 is 0 Å². The lowest BCUT2D eigenvalue weighted by atomic mass is 10.3. The molecule has 9 nitrogen and oxygen atoms in total. The number of carbonyl (C=O) groups excluding carboxylic acids is 2. The first-order valence-electron chi connectivity index (χ1n) is 8.60. The Bertz CT molecular complexity index is 734. The van der Waals surface area contributed by atoms with Crippen LogP contribution in [0.4, 0.5) is 5.82 Å². The second-order valence-corrected chi connectivity index (χ2v) is 6.03. The van der Waals surface area contributed by atoms with E-state index in [-0.39, 0.29) is 17.4 Å². The number of anilines is 1. The van der Waals surface area contributed by atoms with Crippen LogP contribution in [-0.2, 0) is 11.8 Å². The van der Waals surface area contributed by atoms with Gasteiger partial charge in [-0.1, -0.05) is 0 Å². The van der Waals surface area contributed by atoms with Gasteiger partial charge in [0.05, 0.1) is 19.5 Å². The summed E-state index contributed by atoms with van der Waals surface area (Å²) in [5.41, 5.74) is 0.258. The van der Waals surface area contributed by atoms with Crippen LogP contribution in [0.2, 0.25) is 0 Å². The van der Waals surface area contributed by atoms with Crippen molar-refractivity contribution in [1.82, 2.24) is 20.0 Å². The minimum absolute atomic E-state index is 0.195. The Balaban J connectivity index is 1.46. The Morgan fingerprint density at radius 1 is 1.27 bits per heavy atom. The number of morpholine rings is 1. The lowest BCUT2D eigenvalue weighted by Gasteiger charge is -2.26. The van der Waals surface area contributed by atoms with Crippen LogP contribution in [0.15, 0.2) is 28.9 Å². The number of nitrogens with zero attached hydrogens (tertiary/aromatic N) is 3. The van der Waals surface area contributed by atoms with Crippen molar-refractivity contribution in [2.45, 2.75) is 6.42 Å². The summed E-state index contributed by atoms with van der Waals surface area (Å²) in [5.74, 6) is -0.0401. The number of ether oxygens (including phenoxy) is 1. The Morgan fingerprint density at radius 3 is 2.81 bits per heavy atom. The predicted octanol–water partition coefficient (Wildman–Crippen LogP) is 0.718. The Kier molecular flexibility index (Phi) is 6.03. The molecule has 2 amide bonds. The number of nitrogens with one attached hydrogen (secondary N) is 2. The largest absolute Gasteiger partial charge is 0.459 e. The maximum atomic E-state index is 12.2. The summed E-state index contributed by atoms with van der Waals surface area (Å²) in [6, 6.07) is 4.74. The number of aromatic nitrogens is 2. The van der Waals surface area contributed by atoms with E-state index in [1.54, 1.807) is 19.2 Å². The van der Waals surface area contributed by atoms with Gasteiger partial charge in [0.2, 0.25) is 0 Å². The van der Waals surface area contributed by atoms with E-state index in [0.29, 0.717) is 12.4 Å². The van der Waals surface area contributed by atoms with Gasteiger partial charge in [0.1, 0.15) is 5.82 Å². The van der Waals surface area contributed by atoms with E-state index in [4.69, 9.17) is 9.15 Å². The van der Waals surface area contributed by atoms with Gasteiger partial charge in [0, 0.05) is 32.7 Å². The maximum Gasteiger partial charge on any atom is 0.292 e. The molecule has 1 fully saturated rings. The van der Waals surface area contributed by atoms with Gasteiger partial charge in [0.25, 0.3) is 11.8 Å². The Hall–Kier alpha value is -2.65. The standard InChI is InChI=1S/C17H23N5O4/c1-21-15(19-17(24)14-4-2-9-26-14)12-13(20-21)16(23)18-5-3-6-22-7-10-25-11-8-22/h2,4,9,12H,3,5-8,10-11H2,1H3,(H,18,23)(H,19,24). The van der Waals surface area contributed by atoms with E-state index in [9.17, 15) is 9.59 Å². The lowest BCUT2D eigenvalue weighted by molar-refractivity contribution is 0.0374. The molecule has 0 unspecified atom stereocenters. The number of aryl methyl sites for hydroxylation is 1. The highest BCUT2D eigenvalue weighted by Gasteiger charge is 2.16. The zero-order valence-electron chi connectivity index (χ0n) is 14.7. The molecule has 0 aromatic carbocycles. The monoisotopic (exact) mass is 361 g/mol. The molecule has 26 heavy (non-hydrogen) atoms. The van der Waals surface area contributed by atoms with Crippen molar-refractivity contribution in [3.63, 3.8) is 0 Å². The lowest BCUT2D eigenvalue weighted by Crippen LogP contribution is -2.38. The molecule has 9 heteroatoms. The highest BCUT2D eigenvalue weighted by molar-refractivity contribution is 6.02. The molecular weight excluding hydrogens is 338 g/mol. The molecule has 0 aliphatic carbocycles. The van der Waals surface area contributed by atoms with Gasteiger partial charge in [-0.25, -0.2) is 0 Å². The second kappa shape index (κ2) is 8.63. The first-order chi connectivity index (χ1) is 12.6. The quantitative estimate of drug-likeness (QED) is 0.705. The predicted molar refractivity (Wildman–Crippen MR) is 94.1 cm³/mol. The van der Waals surface area contributed by atoms with Crippen molar-refractivity contribution in [2.75, 3.05) is 44.7 Å². The van der Waals surface area contributed by atoms with Crippen molar-refractivity contribution in [3.8, 4) is 0 Å². The molecule has 0 bridgehead atoms. The van der Waals surface area contributed by atoms with Crippen LogP contribution < -0.4 is 10.6 Å². The average Bonchev–Trinajstić information content (AvgIpc) is 3.30. The van der Waals surface area contributed by atoms with Crippen LogP contribution in [0.5, 0.6) is 0 Å². The number of carbonyl (C=O) groups is 2. The van der Waals surface area contributed by atoms with Gasteiger partial charge in [0.15, 0.2) is 11.5 Å². The number of amides is 2. The van der Waals surface area contributed by atoms with E-state index in [1.807, 2.05) is 0 Å². The van der Waals surface area contributed by atoms with Crippen LogP contribution in [0.3, 0.4) is 0 Å². The fourth-order valence-corrected chi connectivity index (χ4v) is 2.70. The molecule has 0 spiro atoms. The Labute approximate surface area is 151 Å². The van der Waals surface area contributed by atoms with E-state index in [0.717, 1.165) is 39.3 Å². The summed E-state index contributed by atoms with van der Waals surface area (Å²) in [7, 11) is 1.66. The normalized spacial score (nSPS) is 15.0. The fraction of sp³-hybridized carbons (Fsp3) is 0.471. The van der Waals surface area contributed by atoms with Crippen LogP contribution in [0.25, 0.3) is 0 Å². The zero-order valence-corrected chi connectivity index (χ0v) is 14.7. The summed E-state index contributed by atoms with van der Waals surface area (Å²) in [6.07, 6.45) is 2.29. The number of hydrogen-bond acceptors (Lipinski definition) is 6. The van der Waals surface area contributed by atoms with Crippen LogP contribution >= 0.6 is 0 Å². The minimum atomic E-state index is -0.393. The third kappa shape index (κ3) is 4.70. The SMILES string of the molecule is Cn1nc(C(=O)NCCCN2CCOCC2)cc1NC(=O)c1ccco1. The van der Waals surface area contributed by atoms with Crippen molar-refractivity contribution in [2.24, 2.45) is 7.05 Å². The first kappa shape index (κ1) is 18.2. The maximum absolute atomic E-state index is 12.2. The second-order valence-electron chi connectivity index (χ2n) is 6.03. The molecule has 3 heterocycles. The van der Waals surface area contributed by atoms with Gasteiger partial charge in [-0.15, -0.1) is 0 Å². The van der Waals surface area contributed by atoms with Gasteiger partial charge < -0.3 is 19.8 Å². The van der Waals surface area contributed by atoms with E-state index in [2.05, 4.69) is 20.6 Å². The highest BCUT2D eigenvalue weighted by Crippen LogP contribution is 2.11. The topological polar surface area (TPSA) is 102 Å². The molecule has 1 saturated heterocycles. The molecule has 0 atom stereocenters. The number of hydrogen-bond donors (Lipinski definition) is 2. The van der Waals surface area contributed by atoms with Gasteiger partial charge in [-0.05, 0) is 25.1 Å². The summed E-state index contributed by atoms with van der Waals surface area (Å²) in [4.78, 5) is 26.5. The molecule has 0 saturated carbocycles. The van der Waals surface area contributed by atoms with E-state index in [1.165, 1.54) is 17.0 Å². The summed E-state index contributed by atoms with van der Waals surface area (Å²) < 4.78 is 11.8. The van der Waals surface area contributed by atoms with E-state index < -0.39 is 5.91 Å². The fourth-order valence-electron chi connectivity index (χ4n) is 2.70. The molecule has 0 radical (unpaired) electrons. The zero-order chi connectivity index (χ0) is 18.4. The molecule has 2 aromatic heterocycles. The van der Waals surface area contributed by atoms with E-state index >= 15 is 0 Å². The molecule has 1 aliphatic rings. The van der Waals surface area contributed by atoms with Crippen molar-refractivity contribution >= 4 is 17.6 Å². The third-order valence-electron chi connectivity index (χ3n) is 4.14. The molecule has 2 N–H and O–H groups in total. The molecular formula is C17H23N5O4. The highest BCUT2D eigenvalue weighted by atomic mass is 16.5. The minimum Gasteiger partial charge on any atom is -0.459 e. The third-order valence-corrected chi connectivity index (χ3v) is 4.14. The van der Waals surface area contributed by atoms with Crippen LogP contribution in [0, 0.1) is 0 Å².